The van der Waals surface area contributed by atoms with Crippen molar-refractivity contribution in [3.8, 4) is 16.9 Å². The molecule has 1 aliphatic carbocycles. The molecule has 0 radical (unpaired) electrons. The fourth-order valence-electron chi connectivity index (χ4n) is 3.57. The summed E-state index contributed by atoms with van der Waals surface area (Å²) in [6, 6.07) is 20.3. The Morgan fingerprint density at radius 2 is 1.72 bits per heavy atom. The summed E-state index contributed by atoms with van der Waals surface area (Å²) >= 11 is 6.06. The van der Waals surface area contributed by atoms with Crippen LogP contribution in [0.4, 0.5) is 0 Å². The molecule has 3 nitrogen and oxygen atoms in total. The Labute approximate surface area is 150 Å². The lowest BCUT2D eigenvalue weighted by Crippen LogP contribution is -1.99. The van der Waals surface area contributed by atoms with E-state index in [1.807, 2.05) is 47.1 Å². The molecule has 0 amide bonds. The molecule has 0 atom stereocenters. The number of aromatic nitrogens is 3. The van der Waals surface area contributed by atoms with Crippen LogP contribution in [-0.4, -0.2) is 14.8 Å². The molecule has 0 fully saturated rings. The number of halogens is 1. The predicted molar refractivity (Wildman–Crippen MR) is 101 cm³/mol. The zero-order valence-corrected chi connectivity index (χ0v) is 14.4. The molecule has 0 aliphatic heterocycles. The van der Waals surface area contributed by atoms with E-state index in [1.54, 1.807) is 0 Å². The Kier molecular flexibility index (Phi) is 3.35. The summed E-state index contributed by atoms with van der Waals surface area (Å²) in [5.74, 6) is 0. The first-order valence-electron chi connectivity index (χ1n) is 8.52. The lowest BCUT2D eigenvalue weighted by atomic mass is 10.1. The van der Waals surface area contributed by atoms with Gasteiger partial charge in [0.05, 0.1) is 5.69 Å². The number of para-hydroxylation sites is 1. The van der Waals surface area contributed by atoms with Crippen LogP contribution in [0.3, 0.4) is 0 Å². The van der Waals surface area contributed by atoms with Gasteiger partial charge >= 0.3 is 0 Å². The number of nitrogens with zero attached hydrogens (tertiary/aromatic N) is 3. The van der Waals surface area contributed by atoms with Crippen LogP contribution in [0.2, 0.25) is 5.02 Å². The zero-order chi connectivity index (χ0) is 16.8. The maximum atomic E-state index is 6.06. The van der Waals surface area contributed by atoms with Crippen molar-refractivity contribution in [1.82, 2.24) is 14.8 Å². The van der Waals surface area contributed by atoms with Crippen LogP contribution in [0.25, 0.3) is 28.0 Å². The average molecular weight is 346 g/mol. The third-order valence-corrected chi connectivity index (χ3v) is 5.06. The first kappa shape index (κ1) is 14.7. The van der Waals surface area contributed by atoms with E-state index < -0.39 is 0 Å². The molecule has 0 saturated heterocycles. The number of benzene rings is 2. The van der Waals surface area contributed by atoms with Gasteiger partial charge in [0.15, 0.2) is 5.65 Å². The van der Waals surface area contributed by atoms with Crippen LogP contribution in [0.1, 0.15) is 17.7 Å². The Balaban J connectivity index is 1.81. The summed E-state index contributed by atoms with van der Waals surface area (Å²) in [5, 5.41) is 6.75. The highest BCUT2D eigenvalue weighted by atomic mass is 35.5. The molecule has 1 aliphatic rings. The highest BCUT2D eigenvalue weighted by Crippen LogP contribution is 2.33. The van der Waals surface area contributed by atoms with Gasteiger partial charge in [0.2, 0.25) is 0 Å². The summed E-state index contributed by atoms with van der Waals surface area (Å²) in [4.78, 5) is 4.97. The summed E-state index contributed by atoms with van der Waals surface area (Å²) < 4.78 is 1.96. The average Bonchev–Trinajstić information content (AvgIpc) is 3.25. The molecule has 4 heteroatoms. The smallest absolute Gasteiger partial charge is 0.163 e. The van der Waals surface area contributed by atoms with Crippen molar-refractivity contribution in [3.05, 3.63) is 76.9 Å². The first-order valence-corrected chi connectivity index (χ1v) is 8.90. The van der Waals surface area contributed by atoms with Crippen LogP contribution in [-0.2, 0) is 12.8 Å². The van der Waals surface area contributed by atoms with Gasteiger partial charge in [0.25, 0.3) is 0 Å². The molecule has 0 N–H and O–H groups in total. The third kappa shape index (κ3) is 2.43. The van der Waals surface area contributed by atoms with Gasteiger partial charge in [-0.3, -0.25) is 0 Å². The highest BCUT2D eigenvalue weighted by Gasteiger charge is 2.20. The molecule has 2 aromatic heterocycles. The Bertz CT molecular complexity index is 1070. The molecular weight excluding hydrogens is 330 g/mol. The molecule has 0 bridgehead atoms. The van der Waals surface area contributed by atoms with Gasteiger partial charge in [0, 0.05) is 21.7 Å². The minimum absolute atomic E-state index is 0.731. The zero-order valence-electron chi connectivity index (χ0n) is 13.6. The van der Waals surface area contributed by atoms with E-state index in [9.17, 15) is 0 Å². The van der Waals surface area contributed by atoms with E-state index in [4.69, 9.17) is 21.7 Å². The van der Waals surface area contributed by atoms with E-state index in [0.717, 1.165) is 45.8 Å². The lowest BCUT2D eigenvalue weighted by molar-refractivity contribution is 0.880. The fourth-order valence-corrected chi connectivity index (χ4v) is 3.69. The summed E-state index contributed by atoms with van der Waals surface area (Å²) in [6.07, 6.45) is 3.35. The van der Waals surface area contributed by atoms with E-state index in [-0.39, 0.29) is 0 Å². The molecule has 25 heavy (non-hydrogen) atoms. The predicted octanol–water partition coefficient (Wildman–Crippen LogP) is 5.23. The van der Waals surface area contributed by atoms with Crippen LogP contribution in [0.15, 0.2) is 60.7 Å². The number of aryl methyl sites for hydroxylation is 2. The second-order valence-electron chi connectivity index (χ2n) is 6.42. The Morgan fingerprint density at radius 3 is 2.52 bits per heavy atom. The van der Waals surface area contributed by atoms with Gasteiger partial charge in [-0.25, -0.2) is 9.67 Å². The van der Waals surface area contributed by atoms with Crippen LogP contribution >= 0.6 is 11.6 Å². The van der Waals surface area contributed by atoms with Crippen molar-refractivity contribution in [2.75, 3.05) is 0 Å². The molecule has 0 spiro atoms. The van der Waals surface area contributed by atoms with Gasteiger partial charge in [-0.1, -0.05) is 41.9 Å². The van der Waals surface area contributed by atoms with E-state index in [0.29, 0.717) is 0 Å². The van der Waals surface area contributed by atoms with Crippen molar-refractivity contribution in [2.45, 2.75) is 19.3 Å². The number of hydrogen-bond donors (Lipinski definition) is 0. The standard InChI is InChI=1S/C21H16ClN3/c22-16-11-9-14(10-12-16)20-18-13-15-5-4-8-19(15)23-21(18)25(24-20)17-6-2-1-3-7-17/h1-3,6-7,9-13H,4-5,8H2. The normalized spacial score (nSPS) is 13.3. The van der Waals surface area contributed by atoms with E-state index in [2.05, 4.69) is 18.2 Å². The molecule has 2 aromatic carbocycles. The molecular formula is C21H16ClN3. The van der Waals surface area contributed by atoms with Crippen molar-refractivity contribution < 1.29 is 0 Å². The van der Waals surface area contributed by atoms with E-state index >= 15 is 0 Å². The largest absolute Gasteiger partial charge is 0.233 e. The fraction of sp³-hybridized carbons (Fsp3) is 0.143. The van der Waals surface area contributed by atoms with Crippen molar-refractivity contribution in [3.63, 3.8) is 0 Å². The first-order chi connectivity index (χ1) is 12.3. The third-order valence-electron chi connectivity index (χ3n) is 4.80. The number of hydrogen-bond acceptors (Lipinski definition) is 2. The van der Waals surface area contributed by atoms with Gasteiger partial charge in [0.1, 0.15) is 5.69 Å². The molecule has 2 heterocycles. The maximum Gasteiger partial charge on any atom is 0.163 e. The minimum Gasteiger partial charge on any atom is -0.233 e. The van der Waals surface area contributed by atoms with Gasteiger partial charge in [-0.05, 0) is 55.2 Å². The van der Waals surface area contributed by atoms with Crippen molar-refractivity contribution in [2.24, 2.45) is 0 Å². The monoisotopic (exact) mass is 345 g/mol. The summed E-state index contributed by atoms with van der Waals surface area (Å²) in [5.41, 5.74) is 6.54. The van der Waals surface area contributed by atoms with E-state index in [1.165, 1.54) is 17.7 Å². The van der Waals surface area contributed by atoms with Gasteiger partial charge in [-0.2, -0.15) is 5.10 Å². The van der Waals surface area contributed by atoms with Crippen LogP contribution in [0.5, 0.6) is 0 Å². The Hall–Kier alpha value is -2.65. The summed E-state index contributed by atoms with van der Waals surface area (Å²) in [6.45, 7) is 0. The number of pyridine rings is 1. The maximum absolute atomic E-state index is 6.06. The minimum atomic E-state index is 0.731. The molecule has 0 saturated carbocycles. The van der Waals surface area contributed by atoms with Crippen molar-refractivity contribution >= 4 is 22.6 Å². The van der Waals surface area contributed by atoms with Crippen molar-refractivity contribution in [1.29, 1.82) is 0 Å². The number of rotatable bonds is 2. The second kappa shape index (κ2) is 5.71. The molecule has 4 aromatic rings. The highest BCUT2D eigenvalue weighted by molar-refractivity contribution is 6.30. The SMILES string of the molecule is Clc1ccc(-c2nn(-c3ccccc3)c3nc4c(cc23)CCC4)cc1. The topological polar surface area (TPSA) is 30.7 Å². The van der Waals surface area contributed by atoms with Gasteiger partial charge in [-0.15, -0.1) is 0 Å². The van der Waals surface area contributed by atoms with Crippen LogP contribution < -0.4 is 0 Å². The Morgan fingerprint density at radius 1 is 0.920 bits per heavy atom. The summed E-state index contributed by atoms with van der Waals surface area (Å²) in [7, 11) is 0. The second-order valence-corrected chi connectivity index (χ2v) is 6.86. The lowest BCUT2D eigenvalue weighted by Gasteiger charge is -2.04. The number of fused-ring (bicyclic) bond motifs is 2. The van der Waals surface area contributed by atoms with Crippen LogP contribution in [0, 0.1) is 0 Å². The molecule has 0 unspecified atom stereocenters. The van der Waals surface area contributed by atoms with Gasteiger partial charge < -0.3 is 0 Å². The molecule has 122 valence electrons. The quantitative estimate of drug-likeness (QED) is 0.498. The molecule has 5 rings (SSSR count).